The summed E-state index contributed by atoms with van der Waals surface area (Å²) in [5, 5.41) is 24.4. The normalized spacial score (nSPS) is 33.3. The third kappa shape index (κ3) is 7.74. The number of nitrogens with zero attached hydrogens (tertiary/aromatic N) is 2. The molecule has 0 radical (unpaired) electrons. The molecule has 3 amide bonds. The molecule has 0 aliphatic carbocycles. The fourth-order valence-electron chi connectivity index (χ4n) is 6.61. The van der Waals surface area contributed by atoms with Crippen LogP contribution in [0.5, 0.6) is 0 Å². The average molecular weight is 688 g/mol. The SMILES string of the molecule is CC(=O)N(C)C(CS)C(=O)OC1CC(=O)N(C)c2cc(cc(CO)c2C)C/C(C)=C/C=C/C(C)C2(O)CC(OC(=O)N2)C(C)C2OC12C. The van der Waals surface area contributed by atoms with Gasteiger partial charge in [0.25, 0.3) is 0 Å². The minimum absolute atomic E-state index is 0.00703. The van der Waals surface area contributed by atoms with Crippen LogP contribution in [0.2, 0.25) is 0 Å². The fraction of sp³-hybridized carbons (Fsp3) is 0.600. The Hall–Kier alpha value is -3.39. The highest BCUT2D eigenvalue weighted by Crippen LogP contribution is 2.49. The molecule has 4 bridgehead atoms. The minimum Gasteiger partial charge on any atom is -0.457 e. The number of rotatable bonds is 5. The van der Waals surface area contributed by atoms with Gasteiger partial charge in [-0.25, -0.2) is 9.59 Å². The van der Waals surface area contributed by atoms with Crippen molar-refractivity contribution in [3.63, 3.8) is 0 Å². The molecule has 0 spiro atoms. The number of amides is 3. The second-order valence-corrected chi connectivity index (χ2v) is 14.0. The zero-order valence-electron chi connectivity index (χ0n) is 29.0. The molecule has 8 unspecified atom stereocenters. The van der Waals surface area contributed by atoms with Gasteiger partial charge in [0.1, 0.15) is 29.6 Å². The Morgan fingerprint density at radius 3 is 2.56 bits per heavy atom. The molecule has 3 aliphatic rings. The van der Waals surface area contributed by atoms with Crippen molar-refractivity contribution in [1.82, 2.24) is 10.2 Å². The third-order valence-corrected chi connectivity index (χ3v) is 10.5. The first-order valence-corrected chi connectivity index (χ1v) is 16.9. The number of benzene rings is 1. The Morgan fingerprint density at radius 2 is 1.94 bits per heavy atom. The first kappa shape index (κ1) is 37.4. The molecule has 1 aromatic carbocycles. The molecule has 4 rings (SSSR count). The number of ether oxygens (including phenoxy) is 3. The van der Waals surface area contributed by atoms with Gasteiger partial charge in [-0.1, -0.05) is 43.7 Å². The number of esters is 1. The lowest BCUT2D eigenvalue weighted by atomic mass is 9.82. The number of epoxide rings is 1. The lowest BCUT2D eigenvalue weighted by molar-refractivity contribution is -0.161. The van der Waals surface area contributed by atoms with E-state index in [-0.39, 0.29) is 37.0 Å². The summed E-state index contributed by atoms with van der Waals surface area (Å²) in [5.41, 5.74) is 1.11. The smallest absolute Gasteiger partial charge is 0.409 e. The summed E-state index contributed by atoms with van der Waals surface area (Å²) >= 11 is 4.28. The van der Waals surface area contributed by atoms with Gasteiger partial charge >= 0.3 is 12.1 Å². The largest absolute Gasteiger partial charge is 0.457 e. The number of hydrogen-bond donors (Lipinski definition) is 4. The number of nitrogens with one attached hydrogen (secondary N) is 1. The van der Waals surface area contributed by atoms with E-state index >= 15 is 0 Å². The molecule has 12 nitrogen and oxygen atoms in total. The maximum atomic E-state index is 14.0. The Morgan fingerprint density at radius 1 is 1.25 bits per heavy atom. The molecule has 2 saturated heterocycles. The van der Waals surface area contributed by atoms with E-state index < -0.39 is 59.6 Å². The van der Waals surface area contributed by atoms with Crippen LogP contribution in [0.25, 0.3) is 0 Å². The van der Waals surface area contributed by atoms with Gasteiger partial charge in [-0.2, -0.15) is 12.6 Å². The van der Waals surface area contributed by atoms with Gasteiger partial charge in [0.05, 0.1) is 19.1 Å². The molecule has 3 N–H and O–H groups in total. The van der Waals surface area contributed by atoms with E-state index in [0.29, 0.717) is 17.7 Å². The molecule has 1 aromatic rings. The summed E-state index contributed by atoms with van der Waals surface area (Å²) in [6.07, 6.45) is 2.68. The number of carbonyl (C=O) groups excluding carboxylic acids is 4. The summed E-state index contributed by atoms with van der Waals surface area (Å²) in [7, 11) is 3.11. The summed E-state index contributed by atoms with van der Waals surface area (Å²) in [5.74, 6) is -2.42. The molecule has 13 heteroatoms. The number of likely N-dealkylation sites (N-methyl/N-ethyl adjacent to an activating group) is 1. The second-order valence-electron chi connectivity index (χ2n) is 13.6. The summed E-state index contributed by atoms with van der Waals surface area (Å²) in [6.45, 7) is 10.3. The van der Waals surface area contributed by atoms with Crippen molar-refractivity contribution in [2.45, 2.75) is 103 Å². The van der Waals surface area contributed by atoms with Crippen molar-refractivity contribution >= 4 is 42.2 Å². The number of thiol groups is 1. The first-order valence-electron chi connectivity index (χ1n) is 16.2. The van der Waals surface area contributed by atoms with Crippen LogP contribution in [0.1, 0.15) is 64.2 Å². The Kier molecular flexibility index (Phi) is 11.4. The molecule has 3 aliphatic heterocycles. The first-order chi connectivity index (χ1) is 22.4. The van der Waals surface area contributed by atoms with Gasteiger partial charge in [-0.3, -0.25) is 14.9 Å². The molecule has 3 heterocycles. The number of carbonyl (C=O) groups is 4. The van der Waals surface area contributed by atoms with Crippen molar-refractivity contribution in [2.24, 2.45) is 11.8 Å². The highest BCUT2D eigenvalue weighted by Gasteiger charge is 2.64. The van der Waals surface area contributed by atoms with Gasteiger partial charge in [0.15, 0.2) is 0 Å². The zero-order valence-corrected chi connectivity index (χ0v) is 29.9. The minimum atomic E-state index is -1.61. The molecule has 264 valence electrons. The molecule has 48 heavy (non-hydrogen) atoms. The zero-order chi connectivity index (χ0) is 35.7. The van der Waals surface area contributed by atoms with Crippen molar-refractivity contribution in [2.75, 3.05) is 24.7 Å². The topological polar surface area (TPSA) is 158 Å². The molecular weight excluding hydrogens is 638 g/mol. The maximum absolute atomic E-state index is 14.0. The van der Waals surface area contributed by atoms with E-state index in [4.69, 9.17) is 14.2 Å². The molecule has 0 saturated carbocycles. The summed E-state index contributed by atoms with van der Waals surface area (Å²) < 4.78 is 17.9. The van der Waals surface area contributed by atoms with Crippen molar-refractivity contribution in [3.05, 3.63) is 52.6 Å². The molecule has 0 aromatic heterocycles. The highest BCUT2D eigenvalue weighted by molar-refractivity contribution is 7.80. The van der Waals surface area contributed by atoms with E-state index in [1.165, 1.54) is 23.8 Å². The number of aliphatic hydroxyl groups is 2. The summed E-state index contributed by atoms with van der Waals surface area (Å²) in [4.78, 5) is 55.1. The number of fused-ring (bicyclic) bond motifs is 5. The molecule has 8 atom stereocenters. The van der Waals surface area contributed by atoms with Gasteiger partial charge in [0.2, 0.25) is 11.8 Å². The van der Waals surface area contributed by atoms with E-state index in [2.05, 4.69) is 17.9 Å². The maximum Gasteiger partial charge on any atom is 0.409 e. The predicted octanol–water partition coefficient (Wildman–Crippen LogP) is 3.20. The molecule has 2 fully saturated rings. The van der Waals surface area contributed by atoms with Crippen molar-refractivity contribution in [1.29, 1.82) is 0 Å². The monoisotopic (exact) mass is 687 g/mol. The van der Waals surface area contributed by atoms with Crippen LogP contribution < -0.4 is 10.2 Å². The average Bonchev–Trinajstić information content (AvgIpc) is 3.72. The highest BCUT2D eigenvalue weighted by atomic mass is 32.1. The predicted molar refractivity (Wildman–Crippen MR) is 182 cm³/mol. The van der Waals surface area contributed by atoms with Crippen LogP contribution in [0.4, 0.5) is 10.5 Å². The Labute approximate surface area is 287 Å². The quantitative estimate of drug-likeness (QED) is 0.207. The van der Waals surface area contributed by atoms with Gasteiger partial charge < -0.3 is 34.2 Å². The van der Waals surface area contributed by atoms with Gasteiger partial charge in [-0.05, 0) is 49.9 Å². The standard InChI is InChI=1S/C35H49N3O9S/c1-19-10-9-11-20(2)35(44)16-28(45-33(43)36-35)22(4)31-34(6,47-31)29(46-32(42)27(18-48)37(7)23(5)40)15-30(41)38(8)26-14-24(12-19)13-25(17-39)21(26)3/h9-11,13-14,20,22,27-29,31,39,44,48H,12,15-18H2,1-8H3,(H,36,43)/b11-9+,19-10+. The fourth-order valence-corrected chi connectivity index (χ4v) is 7.00. The van der Waals surface area contributed by atoms with E-state index in [1.807, 2.05) is 51.1 Å². The van der Waals surface area contributed by atoms with Crippen LogP contribution in [0.3, 0.4) is 0 Å². The van der Waals surface area contributed by atoms with Crippen LogP contribution in [0, 0.1) is 18.8 Å². The van der Waals surface area contributed by atoms with Crippen molar-refractivity contribution in [3.8, 4) is 0 Å². The number of alkyl carbamates (subject to hydrolysis) is 1. The lowest BCUT2D eigenvalue weighted by Gasteiger charge is -2.41. The van der Waals surface area contributed by atoms with Crippen LogP contribution in [-0.2, 0) is 41.6 Å². The Bertz CT molecular complexity index is 1500. The van der Waals surface area contributed by atoms with Gasteiger partial charge in [0, 0.05) is 50.7 Å². The lowest BCUT2D eigenvalue weighted by Crippen LogP contribution is -2.60. The number of hydrogen-bond acceptors (Lipinski definition) is 10. The van der Waals surface area contributed by atoms with E-state index in [0.717, 1.165) is 16.7 Å². The number of aliphatic hydroxyl groups excluding tert-OH is 1. The van der Waals surface area contributed by atoms with E-state index in [1.54, 1.807) is 20.9 Å². The van der Waals surface area contributed by atoms with Crippen LogP contribution >= 0.6 is 12.6 Å². The Balaban J connectivity index is 1.79. The third-order valence-electron chi connectivity index (χ3n) is 10.2. The van der Waals surface area contributed by atoms with Gasteiger partial charge in [-0.15, -0.1) is 0 Å². The van der Waals surface area contributed by atoms with Crippen LogP contribution in [0.15, 0.2) is 35.9 Å². The second kappa shape index (κ2) is 14.6. The van der Waals surface area contributed by atoms with E-state index in [9.17, 15) is 29.4 Å². The number of allylic oxidation sites excluding steroid dienone is 3. The summed E-state index contributed by atoms with van der Waals surface area (Å²) in [6, 6.07) is 2.80. The molecular formula is C35H49N3O9S. The van der Waals surface area contributed by atoms with Crippen LogP contribution in [-0.4, -0.2) is 94.5 Å². The van der Waals surface area contributed by atoms with Crippen molar-refractivity contribution < 1.29 is 43.6 Å². The number of anilines is 1.